The van der Waals surface area contributed by atoms with E-state index in [9.17, 15) is 18.0 Å². The summed E-state index contributed by atoms with van der Waals surface area (Å²) in [5, 5.41) is 0. The fourth-order valence-corrected chi connectivity index (χ4v) is 1.73. The average Bonchev–Trinajstić information content (AvgIpc) is 2.44. The lowest BCUT2D eigenvalue weighted by Crippen LogP contribution is -2.03. The molecule has 1 aromatic heterocycles. The lowest BCUT2D eigenvalue weighted by Gasteiger charge is -2.05. The second-order valence-electron chi connectivity index (χ2n) is 4.34. The molecule has 0 N–H and O–H groups in total. The van der Waals surface area contributed by atoms with Crippen molar-refractivity contribution in [3.63, 3.8) is 0 Å². The van der Waals surface area contributed by atoms with Gasteiger partial charge in [-0.1, -0.05) is 18.2 Å². The lowest BCUT2D eigenvalue weighted by atomic mass is 10.1. The molecule has 0 fully saturated rings. The van der Waals surface area contributed by atoms with Crippen LogP contribution in [0.2, 0.25) is 0 Å². The van der Waals surface area contributed by atoms with Gasteiger partial charge in [-0.25, -0.2) is 9.97 Å². The van der Waals surface area contributed by atoms with Crippen molar-refractivity contribution in [3.05, 3.63) is 58.7 Å². The number of rotatable bonds is 3. The molecule has 1 aromatic carbocycles. The Morgan fingerprint density at radius 3 is 2.19 bits per heavy atom. The highest BCUT2D eigenvalue weighted by Crippen LogP contribution is 2.29. The Morgan fingerprint density at radius 1 is 1.00 bits per heavy atom. The standard InChI is InChI=1S/C15H11F3N2O/c1-10-19-13(8-14(9-21)20-10)7-4-11-2-5-12(6-3-11)15(16,17)18/h2-9H,1H3/b7-4+. The normalized spacial score (nSPS) is 11.8. The van der Waals surface area contributed by atoms with Crippen LogP contribution in [0.1, 0.15) is 33.1 Å². The quantitative estimate of drug-likeness (QED) is 0.808. The average molecular weight is 292 g/mol. The summed E-state index contributed by atoms with van der Waals surface area (Å²) in [7, 11) is 0. The van der Waals surface area contributed by atoms with Crippen molar-refractivity contribution in [2.24, 2.45) is 0 Å². The van der Waals surface area contributed by atoms with E-state index < -0.39 is 11.7 Å². The van der Waals surface area contributed by atoms with Gasteiger partial charge in [0.2, 0.25) is 0 Å². The molecule has 6 heteroatoms. The SMILES string of the molecule is Cc1nc(C=O)cc(/C=C/c2ccc(C(F)(F)F)cc2)n1. The monoisotopic (exact) mass is 292 g/mol. The summed E-state index contributed by atoms with van der Waals surface area (Å²) in [5.41, 5.74) is 0.687. The van der Waals surface area contributed by atoms with Crippen LogP contribution < -0.4 is 0 Å². The van der Waals surface area contributed by atoms with Crippen LogP contribution in [0, 0.1) is 6.92 Å². The minimum absolute atomic E-state index is 0.259. The zero-order chi connectivity index (χ0) is 15.5. The van der Waals surface area contributed by atoms with Crippen LogP contribution in [0.5, 0.6) is 0 Å². The van der Waals surface area contributed by atoms with Gasteiger partial charge in [-0.3, -0.25) is 4.79 Å². The highest BCUT2D eigenvalue weighted by molar-refractivity contribution is 5.75. The fraction of sp³-hybridized carbons (Fsp3) is 0.133. The highest BCUT2D eigenvalue weighted by atomic mass is 19.4. The first-order valence-corrected chi connectivity index (χ1v) is 6.05. The predicted octanol–water partition coefficient (Wildman–Crippen LogP) is 3.79. The summed E-state index contributed by atoms with van der Waals surface area (Å²) in [6.45, 7) is 1.66. The van der Waals surface area contributed by atoms with Gasteiger partial charge in [0.1, 0.15) is 11.5 Å². The Hall–Kier alpha value is -2.50. The number of hydrogen-bond acceptors (Lipinski definition) is 3. The van der Waals surface area contributed by atoms with Gasteiger partial charge in [0, 0.05) is 0 Å². The van der Waals surface area contributed by atoms with E-state index in [4.69, 9.17) is 0 Å². The van der Waals surface area contributed by atoms with Crippen molar-refractivity contribution in [1.29, 1.82) is 0 Å². The van der Waals surface area contributed by atoms with Crippen molar-refractivity contribution in [1.82, 2.24) is 9.97 Å². The molecule has 0 aliphatic rings. The second kappa shape index (κ2) is 5.87. The largest absolute Gasteiger partial charge is 0.416 e. The van der Waals surface area contributed by atoms with E-state index in [1.54, 1.807) is 19.1 Å². The van der Waals surface area contributed by atoms with Gasteiger partial charge in [-0.05, 0) is 36.8 Å². The number of benzene rings is 1. The molecule has 2 aromatic rings. The van der Waals surface area contributed by atoms with E-state index in [1.165, 1.54) is 18.2 Å². The number of nitrogens with zero attached hydrogens (tertiary/aromatic N) is 2. The Balaban J connectivity index is 2.21. The van der Waals surface area contributed by atoms with E-state index in [0.717, 1.165) is 12.1 Å². The summed E-state index contributed by atoms with van der Waals surface area (Å²) in [6.07, 6.45) is -0.490. The number of hydrogen-bond donors (Lipinski definition) is 0. The predicted molar refractivity (Wildman–Crippen MR) is 72.5 cm³/mol. The molecule has 0 saturated heterocycles. The maximum atomic E-state index is 12.4. The zero-order valence-corrected chi connectivity index (χ0v) is 11.1. The van der Waals surface area contributed by atoms with Crippen molar-refractivity contribution in [2.45, 2.75) is 13.1 Å². The minimum Gasteiger partial charge on any atom is -0.296 e. The number of carbonyl (C=O) groups is 1. The first-order valence-electron chi connectivity index (χ1n) is 6.05. The molecule has 0 bridgehead atoms. The molecular weight excluding hydrogens is 281 g/mol. The van der Waals surface area contributed by atoms with Gasteiger partial charge < -0.3 is 0 Å². The zero-order valence-electron chi connectivity index (χ0n) is 11.1. The topological polar surface area (TPSA) is 42.9 Å². The van der Waals surface area contributed by atoms with Crippen molar-refractivity contribution in [2.75, 3.05) is 0 Å². The van der Waals surface area contributed by atoms with Crippen LogP contribution in [0.25, 0.3) is 12.2 Å². The molecule has 0 aliphatic carbocycles. The van der Waals surface area contributed by atoms with Gasteiger partial charge in [0.25, 0.3) is 0 Å². The number of aryl methyl sites for hydroxylation is 1. The van der Waals surface area contributed by atoms with Crippen LogP contribution in [0.15, 0.2) is 30.3 Å². The van der Waals surface area contributed by atoms with E-state index in [1.807, 2.05) is 0 Å². The summed E-state index contributed by atoms with van der Waals surface area (Å²) < 4.78 is 37.3. The Kier molecular flexibility index (Phi) is 4.16. The molecule has 2 rings (SSSR count). The number of aldehydes is 1. The molecule has 21 heavy (non-hydrogen) atoms. The van der Waals surface area contributed by atoms with Crippen LogP contribution in [-0.2, 0) is 6.18 Å². The van der Waals surface area contributed by atoms with E-state index >= 15 is 0 Å². The lowest BCUT2D eigenvalue weighted by molar-refractivity contribution is -0.137. The number of halogens is 3. The number of aromatic nitrogens is 2. The van der Waals surface area contributed by atoms with Crippen LogP contribution in [-0.4, -0.2) is 16.3 Å². The van der Waals surface area contributed by atoms with Gasteiger partial charge in [-0.15, -0.1) is 0 Å². The Labute approximate surface area is 119 Å². The van der Waals surface area contributed by atoms with Crippen molar-refractivity contribution >= 4 is 18.4 Å². The van der Waals surface area contributed by atoms with Crippen LogP contribution in [0.3, 0.4) is 0 Å². The molecule has 0 unspecified atom stereocenters. The summed E-state index contributed by atoms with van der Waals surface area (Å²) >= 11 is 0. The molecule has 3 nitrogen and oxygen atoms in total. The molecule has 0 aliphatic heterocycles. The van der Waals surface area contributed by atoms with E-state index in [-0.39, 0.29) is 5.69 Å². The molecule has 1 heterocycles. The van der Waals surface area contributed by atoms with Gasteiger partial charge in [-0.2, -0.15) is 13.2 Å². The molecule has 108 valence electrons. The molecular formula is C15H11F3N2O. The molecule has 0 amide bonds. The smallest absolute Gasteiger partial charge is 0.296 e. The third-order valence-corrected chi connectivity index (χ3v) is 2.68. The summed E-state index contributed by atoms with van der Waals surface area (Å²) in [6, 6.07) is 6.27. The Morgan fingerprint density at radius 2 is 1.62 bits per heavy atom. The Bertz CT molecular complexity index is 676. The second-order valence-corrected chi connectivity index (χ2v) is 4.34. The maximum Gasteiger partial charge on any atom is 0.416 e. The van der Waals surface area contributed by atoms with Crippen molar-refractivity contribution < 1.29 is 18.0 Å². The number of carbonyl (C=O) groups excluding carboxylic acids is 1. The first-order chi connectivity index (χ1) is 9.88. The van der Waals surface area contributed by atoms with Crippen LogP contribution >= 0.6 is 0 Å². The van der Waals surface area contributed by atoms with E-state index in [2.05, 4.69) is 9.97 Å². The summed E-state index contributed by atoms with van der Waals surface area (Å²) in [5.74, 6) is 0.451. The van der Waals surface area contributed by atoms with Gasteiger partial charge in [0.15, 0.2) is 6.29 Å². The third kappa shape index (κ3) is 3.98. The fourth-order valence-electron chi connectivity index (χ4n) is 1.73. The van der Waals surface area contributed by atoms with Gasteiger partial charge in [0.05, 0.1) is 11.3 Å². The highest BCUT2D eigenvalue weighted by Gasteiger charge is 2.29. The summed E-state index contributed by atoms with van der Waals surface area (Å²) in [4.78, 5) is 18.7. The first kappa shape index (κ1) is 14.9. The molecule has 0 spiro atoms. The van der Waals surface area contributed by atoms with Gasteiger partial charge >= 0.3 is 6.18 Å². The van der Waals surface area contributed by atoms with E-state index in [0.29, 0.717) is 23.4 Å². The van der Waals surface area contributed by atoms with Crippen molar-refractivity contribution in [3.8, 4) is 0 Å². The minimum atomic E-state index is -4.34. The molecule has 0 radical (unpaired) electrons. The van der Waals surface area contributed by atoms with Crippen LogP contribution in [0.4, 0.5) is 13.2 Å². The third-order valence-electron chi connectivity index (χ3n) is 2.68. The maximum absolute atomic E-state index is 12.4. The number of alkyl halides is 3. The molecule has 0 saturated carbocycles. The molecule has 0 atom stereocenters.